The van der Waals surface area contributed by atoms with E-state index in [-0.39, 0.29) is 31.1 Å². The minimum Gasteiger partial charge on any atom is -0.395 e. The topological polar surface area (TPSA) is 125 Å². The number of likely N-dealkylation sites (tertiary alicyclic amines) is 1. The Kier molecular flexibility index (Phi) is 4.64. The first-order valence-corrected chi connectivity index (χ1v) is 6.36. The summed E-state index contributed by atoms with van der Waals surface area (Å²) in [5.74, 6) is 0. The van der Waals surface area contributed by atoms with Gasteiger partial charge in [0.2, 0.25) is 0 Å². The number of aromatic nitrogens is 3. The Balaban J connectivity index is 0.00000161. The second kappa shape index (κ2) is 6.12. The molecule has 8 nitrogen and oxygen atoms in total. The van der Waals surface area contributed by atoms with Gasteiger partial charge in [-0.25, -0.2) is 4.98 Å². The molecular weight excluding hydrogens is 300 g/mol. The van der Waals surface area contributed by atoms with Crippen LogP contribution in [-0.2, 0) is 6.54 Å². The van der Waals surface area contributed by atoms with Crippen LogP contribution in [0.15, 0.2) is 17.3 Å². The molecule has 1 aliphatic rings. The fraction of sp³-hybridized carbons (Fsp3) is 0.500. The van der Waals surface area contributed by atoms with Gasteiger partial charge in [-0.15, -0.1) is 12.4 Å². The van der Waals surface area contributed by atoms with Crippen molar-refractivity contribution in [1.82, 2.24) is 19.9 Å². The van der Waals surface area contributed by atoms with Gasteiger partial charge in [0.05, 0.1) is 36.7 Å². The summed E-state index contributed by atoms with van der Waals surface area (Å²) in [5.41, 5.74) is 1.48. The summed E-state index contributed by atoms with van der Waals surface area (Å²) in [6.07, 6.45) is 1.16. The molecule has 0 spiro atoms. The number of rotatable bonds is 3. The summed E-state index contributed by atoms with van der Waals surface area (Å²) in [6.45, 7) is 0.409. The number of H-pyrrole nitrogens is 2. The van der Waals surface area contributed by atoms with E-state index in [0.717, 1.165) is 5.56 Å². The molecule has 0 saturated carbocycles. The molecule has 21 heavy (non-hydrogen) atoms. The Bertz CT molecular complexity index is 673. The number of aromatic amines is 2. The third kappa shape index (κ3) is 2.68. The van der Waals surface area contributed by atoms with E-state index in [4.69, 9.17) is 0 Å². The predicted octanol–water partition coefficient (Wildman–Crippen LogP) is -1.43. The maximum atomic E-state index is 11.6. The quantitative estimate of drug-likeness (QED) is 0.473. The van der Waals surface area contributed by atoms with E-state index in [2.05, 4.69) is 15.0 Å². The monoisotopic (exact) mass is 316 g/mol. The molecule has 1 aliphatic heterocycles. The molecule has 5 N–H and O–H groups in total. The summed E-state index contributed by atoms with van der Waals surface area (Å²) in [4.78, 5) is 22.9. The van der Waals surface area contributed by atoms with Crippen molar-refractivity contribution in [2.75, 3.05) is 13.2 Å². The molecule has 2 aromatic rings. The zero-order chi connectivity index (χ0) is 14.3. The Labute approximate surface area is 125 Å². The highest BCUT2D eigenvalue weighted by Gasteiger charge is 2.39. The van der Waals surface area contributed by atoms with Crippen LogP contribution in [0.4, 0.5) is 0 Å². The molecule has 2 aromatic heterocycles. The third-order valence-corrected chi connectivity index (χ3v) is 3.79. The molecule has 3 rings (SSSR count). The minimum absolute atomic E-state index is 0. The Morgan fingerprint density at radius 3 is 2.86 bits per heavy atom. The number of hydrogen-bond acceptors (Lipinski definition) is 6. The van der Waals surface area contributed by atoms with E-state index in [1.54, 1.807) is 11.1 Å². The van der Waals surface area contributed by atoms with Crippen LogP contribution in [0.25, 0.3) is 11.0 Å². The average molecular weight is 317 g/mol. The summed E-state index contributed by atoms with van der Waals surface area (Å²) in [7, 11) is 0. The molecule has 1 saturated heterocycles. The fourth-order valence-corrected chi connectivity index (χ4v) is 2.71. The Morgan fingerprint density at radius 2 is 2.14 bits per heavy atom. The van der Waals surface area contributed by atoms with Crippen LogP contribution in [0.1, 0.15) is 5.56 Å². The lowest BCUT2D eigenvalue weighted by Gasteiger charge is -2.23. The lowest BCUT2D eigenvalue weighted by atomic mass is 10.1. The Hall–Kier alpha value is -1.45. The van der Waals surface area contributed by atoms with E-state index in [9.17, 15) is 20.1 Å². The highest BCUT2D eigenvalue weighted by molar-refractivity contribution is 5.85. The smallest absolute Gasteiger partial charge is 0.275 e. The second-order valence-electron chi connectivity index (χ2n) is 5.01. The number of halogens is 1. The van der Waals surface area contributed by atoms with Crippen LogP contribution in [0.2, 0.25) is 0 Å². The first-order chi connectivity index (χ1) is 9.61. The van der Waals surface area contributed by atoms with Gasteiger partial charge in [0, 0.05) is 24.8 Å². The molecule has 0 amide bonds. The molecule has 0 radical (unpaired) electrons. The molecule has 3 atom stereocenters. The first-order valence-electron chi connectivity index (χ1n) is 6.36. The third-order valence-electron chi connectivity index (χ3n) is 3.79. The summed E-state index contributed by atoms with van der Waals surface area (Å²) in [5, 5.41) is 28.8. The van der Waals surface area contributed by atoms with Crippen molar-refractivity contribution in [2.24, 2.45) is 0 Å². The number of fused-ring (bicyclic) bond motifs is 1. The van der Waals surface area contributed by atoms with Crippen LogP contribution in [0, 0.1) is 0 Å². The van der Waals surface area contributed by atoms with Gasteiger partial charge < -0.3 is 25.3 Å². The summed E-state index contributed by atoms with van der Waals surface area (Å²) < 4.78 is 0. The van der Waals surface area contributed by atoms with Crippen molar-refractivity contribution >= 4 is 23.4 Å². The molecule has 0 aromatic carbocycles. The standard InChI is InChI=1S/C12H16N4O4.ClH/c17-4-7-11(19)8(18)3-16(7)2-6-1-13-10-9(6)14-5-15-12(10)20;/h1,5,7-8,11,13,17-19H,2-4H2,(H,14,15,20);1H/t7-,8?,11+;/m1./s1. The molecule has 3 heterocycles. The summed E-state index contributed by atoms with van der Waals surface area (Å²) in [6, 6.07) is -0.517. The van der Waals surface area contributed by atoms with E-state index in [1.165, 1.54) is 6.33 Å². The number of aliphatic hydroxyl groups is 3. The fourth-order valence-electron chi connectivity index (χ4n) is 2.71. The van der Waals surface area contributed by atoms with E-state index >= 15 is 0 Å². The molecule has 9 heteroatoms. The zero-order valence-electron chi connectivity index (χ0n) is 11.1. The lowest BCUT2D eigenvalue weighted by molar-refractivity contribution is 0.0210. The van der Waals surface area contributed by atoms with Crippen molar-refractivity contribution in [3.8, 4) is 0 Å². The van der Waals surface area contributed by atoms with Gasteiger partial charge in [-0.1, -0.05) is 0 Å². The highest BCUT2D eigenvalue weighted by Crippen LogP contribution is 2.23. The van der Waals surface area contributed by atoms with Crippen molar-refractivity contribution in [3.63, 3.8) is 0 Å². The maximum Gasteiger partial charge on any atom is 0.275 e. The molecule has 116 valence electrons. The van der Waals surface area contributed by atoms with Crippen LogP contribution in [0.3, 0.4) is 0 Å². The number of β-amino-alcohol motifs (C(OH)–C–C–N with tert-alkyl or cyclic N) is 1. The summed E-state index contributed by atoms with van der Waals surface area (Å²) >= 11 is 0. The van der Waals surface area contributed by atoms with Crippen LogP contribution >= 0.6 is 12.4 Å². The SMILES string of the molecule is Cl.O=c1[nH]cnc2c(CN3CC(O)[C@@H](O)[C@H]3CO)c[nH]c12. The van der Waals surface area contributed by atoms with Crippen molar-refractivity contribution < 1.29 is 15.3 Å². The first kappa shape index (κ1) is 15.9. The van der Waals surface area contributed by atoms with Crippen molar-refractivity contribution in [1.29, 1.82) is 0 Å². The van der Waals surface area contributed by atoms with Crippen LogP contribution < -0.4 is 5.56 Å². The Morgan fingerprint density at radius 1 is 1.38 bits per heavy atom. The van der Waals surface area contributed by atoms with Gasteiger partial charge in [-0.2, -0.15) is 0 Å². The minimum atomic E-state index is -0.971. The second-order valence-corrected chi connectivity index (χ2v) is 5.01. The lowest BCUT2D eigenvalue weighted by Crippen LogP contribution is -2.38. The number of hydrogen-bond donors (Lipinski definition) is 5. The van der Waals surface area contributed by atoms with E-state index < -0.39 is 18.2 Å². The number of nitrogens with zero attached hydrogens (tertiary/aromatic N) is 2. The van der Waals surface area contributed by atoms with E-state index in [1.807, 2.05) is 0 Å². The highest BCUT2D eigenvalue weighted by atomic mass is 35.5. The number of nitrogens with one attached hydrogen (secondary N) is 2. The van der Waals surface area contributed by atoms with Crippen LogP contribution in [-0.4, -0.2) is 66.6 Å². The largest absolute Gasteiger partial charge is 0.395 e. The number of aliphatic hydroxyl groups excluding tert-OH is 3. The van der Waals surface area contributed by atoms with Gasteiger partial charge in [-0.05, 0) is 0 Å². The molecule has 0 bridgehead atoms. The predicted molar refractivity (Wildman–Crippen MR) is 77.3 cm³/mol. The molecule has 1 unspecified atom stereocenters. The molecular formula is C12H17ClN4O4. The van der Waals surface area contributed by atoms with Gasteiger partial charge in [0.15, 0.2) is 0 Å². The van der Waals surface area contributed by atoms with E-state index in [0.29, 0.717) is 17.6 Å². The average Bonchev–Trinajstić information content (AvgIpc) is 2.94. The van der Waals surface area contributed by atoms with Gasteiger partial charge in [0.1, 0.15) is 5.52 Å². The van der Waals surface area contributed by atoms with Gasteiger partial charge >= 0.3 is 0 Å². The molecule has 0 aliphatic carbocycles. The maximum absolute atomic E-state index is 11.6. The normalized spacial score (nSPS) is 26.1. The van der Waals surface area contributed by atoms with Gasteiger partial charge in [-0.3, -0.25) is 9.69 Å². The zero-order valence-corrected chi connectivity index (χ0v) is 11.9. The molecule has 1 fully saturated rings. The van der Waals surface area contributed by atoms with Crippen molar-refractivity contribution in [3.05, 3.63) is 28.4 Å². The van der Waals surface area contributed by atoms with Crippen LogP contribution in [0.5, 0.6) is 0 Å². The van der Waals surface area contributed by atoms with Crippen molar-refractivity contribution in [2.45, 2.75) is 24.8 Å². The van der Waals surface area contributed by atoms with Gasteiger partial charge in [0.25, 0.3) is 5.56 Å².